The number of hydrogen-bond acceptors (Lipinski definition) is 4. The number of aromatic nitrogens is 1. The van der Waals surface area contributed by atoms with Crippen LogP contribution in [0.25, 0.3) is 0 Å². The third-order valence-electron chi connectivity index (χ3n) is 1.56. The maximum absolute atomic E-state index is 12.1. The van der Waals surface area contributed by atoms with Crippen LogP contribution in [0.5, 0.6) is 0 Å². The Bertz CT molecular complexity index is 356. The van der Waals surface area contributed by atoms with Crippen molar-refractivity contribution in [2.24, 2.45) is 0 Å². The Morgan fingerprint density at radius 2 is 2.07 bits per heavy atom. The Morgan fingerprint density at radius 1 is 1.50 bits per heavy atom. The summed E-state index contributed by atoms with van der Waals surface area (Å²) < 4.78 is 44.7. The monoisotopic (exact) mass is 209 g/mol. The van der Waals surface area contributed by atoms with Crippen molar-refractivity contribution in [2.45, 2.75) is 13.1 Å². The molecule has 1 aromatic heterocycles. The van der Waals surface area contributed by atoms with Crippen molar-refractivity contribution in [1.29, 1.82) is 0 Å². The molecule has 0 spiro atoms. The maximum Gasteiger partial charge on any atom is 0.452 e. The van der Waals surface area contributed by atoms with Crippen LogP contribution in [0.3, 0.4) is 0 Å². The lowest BCUT2D eigenvalue weighted by Gasteiger charge is -2.01. The number of halogens is 3. The molecule has 0 saturated heterocycles. The van der Waals surface area contributed by atoms with E-state index in [1.165, 1.54) is 0 Å². The number of carbonyl (C=O) groups is 1. The third-order valence-corrected chi connectivity index (χ3v) is 1.56. The zero-order chi connectivity index (χ0) is 10.9. The Morgan fingerprint density at radius 3 is 2.43 bits per heavy atom. The second-order valence-corrected chi connectivity index (χ2v) is 2.47. The summed E-state index contributed by atoms with van der Waals surface area (Å²) in [6.45, 7) is 1.09. The Balaban J connectivity index is 3.15. The van der Waals surface area contributed by atoms with Gasteiger partial charge in [0.1, 0.15) is 0 Å². The highest BCUT2D eigenvalue weighted by molar-refractivity contribution is 5.88. The summed E-state index contributed by atoms with van der Waals surface area (Å²) in [4.78, 5) is 10.9. The Kier molecular flexibility index (Phi) is 2.50. The molecule has 0 bridgehead atoms. The predicted octanol–water partition coefficient (Wildman–Crippen LogP) is 1.79. The van der Waals surface area contributed by atoms with E-state index in [1.54, 1.807) is 0 Å². The molecule has 0 aromatic carbocycles. The number of esters is 1. The van der Waals surface area contributed by atoms with Gasteiger partial charge < -0.3 is 9.26 Å². The second-order valence-electron chi connectivity index (χ2n) is 2.47. The van der Waals surface area contributed by atoms with Gasteiger partial charge in [-0.2, -0.15) is 13.2 Å². The summed E-state index contributed by atoms with van der Waals surface area (Å²) in [6, 6.07) is 0. The van der Waals surface area contributed by atoms with E-state index in [4.69, 9.17) is 0 Å². The van der Waals surface area contributed by atoms with E-state index in [-0.39, 0.29) is 5.56 Å². The third kappa shape index (κ3) is 1.70. The van der Waals surface area contributed by atoms with Crippen LogP contribution in [-0.2, 0) is 10.9 Å². The van der Waals surface area contributed by atoms with Gasteiger partial charge in [-0.05, 0) is 6.92 Å². The van der Waals surface area contributed by atoms with Gasteiger partial charge in [-0.3, -0.25) is 0 Å². The maximum atomic E-state index is 12.1. The molecular weight excluding hydrogens is 203 g/mol. The number of hydrogen-bond donors (Lipinski definition) is 0. The fraction of sp³-hybridized carbons (Fsp3) is 0.429. The fourth-order valence-corrected chi connectivity index (χ4v) is 0.887. The quantitative estimate of drug-likeness (QED) is 0.661. The zero-order valence-corrected chi connectivity index (χ0v) is 7.31. The number of ether oxygens (including phenoxy) is 1. The largest absolute Gasteiger partial charge is 0.464 e. The molecule has 0 N–H and O–H groups in total. The standard InChI is InChI=1S/C7H6F3NO3/c1-3-4(6(12)13-2)11-14-5(3)7(8,9)10/h1-2H3. The average molecular weight is 209 g/mol. The van der Waals surface area contributed by atoms with E-state index >= 15 is 0 Å². The van der Waals surface area contributed by atoms with Crippen LogP contribution in [0, 0.1) is 6.92 Å². The first-order valence-electron chi connectivity index (χ1n) is 3.49. The van der Waals surface area contributed by atoms with Gasteiger partial charge >= 0.3 is 12.1 Å². The Labute approximate surface area is 76.6 Å². The molecule has 0 radical (unpaired) electrons. The summed E-state index contributed by atoms with van der Waals surface area (Å²) in [5, 5.41) is 2.98. The van der Waals surface area contributed by atoms with E-state index in [0.29, 0.717) is 0 Å². The molecule has 1 rings (SSSR count). The SMILES string of the molecule is COC(=O)c1noc(C(F)(F)F)c1C. The molecular formula is C7H6F3NO3. The molecule has 14 heavy (non-hydrogen) atoms. The van der Waals surface area contributed by atoms with Crippen molar-refractivity contribution in [3.63, 3.8) is 0 Å². The van der Waals surface area contributed by atoms with Crippen molar-refractivity contribution in [3.05, 3.63) is 17.0 Å². The summed E-state index contributed by atoms with van der Waals surface area (Å²) in [5.74, 6) is -2.24. The molecule has 7 heteroatoms. The van der Waals surface area contributed by atoms with Crippen molar-refractivity contribution in [3.8, 4) is 0 Å². The van der Waals surface area contributed by atoms with Gasteiger partial charge in [0.15, 0.2) is 5.69 Å². The first-order valence-corrected chi connectivity index (χ1v) is 3.49. The van der Waals surface area contributed by atoms with Gasteiger partial charge in [0, 0.05) is 5.56 Å². The van der Waals surface area contributed by atoms with Crippen molar-refractivity contribution in [1.82, 2.24) is 5.16 Å². The number of methoxy groups -OCH3 is 1. The van der Waals surface area contributed by atoms with Crippen molar-refractivity contribution in [2.75, 3.05) is 7.11 Å². The van der Waals surface area contributed by atoms with E-state index in [1.807, 2.05) is 0 Å². The number of rotatable bonds is 1. The minimum absolute atomic E-state index is 0.371. The van der Waals surface area contributed by atoms with Gasteiger partial charge in [0.25, 0.3) is 0 Å². The van der Waals surface area contributed by atoms with Crippen LogP contribution in [0.4, 0.5) is 13.2 Å². The smallest absolute Gasteiger partial charge is 0.452 e. The topological polar surface area (TPSA) is 52.3 Å². The molecule has 1 heterocycles. The minimum Gasteiger partial charge on any atom is -0.464 e. The molecule has 0 unspecified atom stereocenters. The molecule has 0 aliphatic carbocycles. The van der Waals surface area contributed by atoms with E-state index in [0.717, 1.165) is 14.0 Å². The van der Waals surface area contributed by atoms with Crippen LogP contribution < -0.4 is 0 Å². The summed E-state index contributed by atoms with van der Waals surface area (Å²) in [7, 11) is 1.05. The molecule has 0 atom stereocenters. The lowest BCUT2D eigenvalue weighted by molar-refractivity contribution is -0.156. The van der Waals surface area contributed by atoms with Gasteiger partial charge in [-0.15, -0.1) is 0 Å². The first kappa shape index (κ1) is 10.6. The molecule has 4 nitrogen and oxygen atoms in total. The van der Waals surface area contributed by atoms with E-state index in [9.17, 15) is 18.0 Å². The minimum atomic E-state index is -4.65. The second kappa shape index (κ2) is 3.32. The average Bonchev–Trinajstić information content (AvgIpc) is 2.45. The van der Waals surface area contributed by atoms with Gasteiger partial charge in [0.05, 0.1) is 7.11 Å². The lowest BCUT2D eigenvalue weighted by atomic mass is 10.2. The number of nitrogens with zero attached hydrogens (tertiary/aromatic N) is 1. The molecule has 0 amide bonds. The number of carbonyl (C=O) groups excluding carboxylic acids is 1. The molecule has 0 aliphatic heterocycles. The van der Waals surface area contributed by atoms with Crippen LogP contribution in [0.1, 0.15) is 21.8 Å². The molecule has 0 aliphatic rings. The highest BCUT2D eigenvalue weighted by Gasteiger charge is 2.40. The normalized spacial score (nSPS) is 11.5. The lowest BCUT2D eigenvalue weighted by Crippen LogP contribution is -2.07. The van der Waals surface area contributed by atoms with E-state index in [2.05, 4.69) is 14.4 Å². The summed E-state index contributed by atoms with van der Waals surface area (Å²) in [6.07, 6.45) is -4.65. The Hall–Kier alpha value is -1.53. The summed E-state index contributed by atoms with van der Waals surface area (Å²) in [5.41, 5.74) is -0.829. The molecule has 1 aromatic rings. The molecule has 0 fully saturated rings. The summed E-state index contributed by atoms with van der Waals surface area (Å²) >= 11 is 0. The highest BCUT2D eigenvalue weighted by Crippen LogP contribution is 2.32. The van der Waals surface area contributed by atoms with Crippen LogP contribution in [-0.4, -0.2) is 18.2 Å². The first-order chi connectivity index (χ1) is 6.38. The zero-order valence-electron chi connectivity index (χ0n) is 7.31. The van der Waals surface area contributed by atoms with E-state index < -0.39 is 23.6 Å². The highest BCUT2D eigenvalue weighted by atomic mass is 19.4. The van der Waals surface area contributed by atoms with Gasteiger partial charge in [-0.1, -0.05) is 5.16 Å². The molecule has 0 saturated carbocycles. The van der Waals surface area contributed by atoms with Crippen molar-refractivity contribution >= 4 is 5.97 Å². The predicted molar refractivity (Wildman–Crippen MR) is 37.6 cm³/mol. The van der Waals surface area contributed by atoms with Crippen LogP contribution in [0.2, 0.25) is 0 Å². The van der Waals surface area contributed by atoms with Gasteiger partial charge in [0.2, 0.25) is 5.76 Å². The van der Waals surface area contributed by atoms with Crippen LogP contribution >= 0.6 is 0 Å². The molecule has 78 valence electrons. The fourth-order valence-electron chi connectivity index (χ4n) is 0.887. The van der Waals surface area contributed by atoms with Gasteiger partial charge in [-0.25, -0.2) is 4.79 Å². The van der Waals surface area contributed by atoms with Crippen LogP contribution in [0.15, 0.2) is 4.52 Å². The van der Waals surface area contributed by atoms with Crippen molar-refractivity contribution < 1.29 is 27.2 Å². The number of alkyl halides is 3.